The normalized spacial score (nSPS) is 17.3. The maximum atomic E-state index is 12.6. The Morgan fingerprint density at radius 2 is 1.76 bits per heavy atom. The molecule has 25 heavy (non-hydrogen) atoms. The van der Waals surface area contributed by atoms with Crippen molar-refractivity contribution in [3.8, 4) is 0 Å². The summed E-state index contributed by atoms with van der Waals surface area (Å²) in [5.74, 6) is 0. The van der Waals surface area contributed by atoms with Gasteiger partial charge in [0.25, 0.3) is 6.47 Å². The van der Waals surface area contributed by atoms with Crippen molar-refractivity contribution in [3.05, 3.63) is 34.9 Å². The third-order valence-electron chi connectivity index (χ3n) is 3.90. The SMILES string of the molecule is CC(C)(C)OC=O.Cc1cc(C2(O)CCNCC2)ccc1C(F)(F)F. The molecular formula is C18H26F3NO3. The van der Waals surface area contributed by atoms with Gasteiger partial charge in [-0.3, -0.25) is 4.79 Å². The van der Waals surface area contributed by atoms with Crippen LogP contribution in [0.5, 0.6) is 0 Å². The fourth-order valence-corrected chi connectivity index (χ4v) is 2.54. The summed E-state index contributed by atoms with van der Waals surface area (Å²) in [6.45, 7) is 8.70. The van der Waals surface area contributed by atoms with Gasteiger partial charge in [-0.2, -0.15) is 13.2 Å². The van der Waals surface area contributed by atoms with Crippen molar-refractivity contribution in [1.29, 1.82) is 0 Å². The van der Waals surface area contributed by atoms with Crippen LogP contribution in [0.1, 0.15) is 50.3 Å². The Morgan fingerprint density at radius 1 is 1.20 bits per heavy atom. The second-order valence-corrected chi connectivity index (χ2v) is 7.14. The Hall–Kier alpha value is -1.60. The van der Waals surface area contributed by atoms with Crippen LogP contribution in [0.3, 0.4) is 0 Å². The van der Waals surface area contributed by atoms with Gasteiger partial charge in [0.05, 0.1) is 11.2 Å². The minimum absolute atomic E-state index is 0.159. The first-order chi connectivity index (χ1) is 11.4. The molecule has 4 nitrogen and oxygen atoms in total. The minimum Gasteiger partial charge on any atom is -0.462 e. The number of alkyl halides is 3. The number of aliphatic hydroxyl groups is 1. The van der Waals surface area contributed by atoms with Gasteiger partial charge in [-0.1, -0.05) is 12.1 Å². The van der Waals surface area contributed by atoms with Gasteiger partial charge in [0.1, 0.15) is 5.60 Å². The molecule has 0 atom stereocenters. The molecule has 0 spiro atoms. The predicted octanol–water partition coefficient (Wildman–Crippen LogP) is 3.54. The molecule has 1 saturated heterocycles. The summed E-state index contributed by atoms with van der Waals surface area (Å²) in [5, 5.41) is 13.6. The van der Waals surface area contributed by atoms with Gasteiger partial charge in [-0.05, 0) is 70.8 Å². The van der Waals surface area contributed by atoms with Crippen molar-refractivity contribution in [2.45, 2.75) is 57.9 Å². The van der Waals surface area contributed by atoms with E-state index < -0.39 is 17.3 Å². The number of piperidine rings is 1. The summed E-state index contributed by atoms with van der Waals surface area (Å²) < 4.78 is 42.5. The zero-order valence-electron chi connectivity index (χ0n) is 15.0. The van der Waals surface area contributed by atoms with E-state index in [0.717, 1.165) is 6.07 Å². The maximum Gasteiger partial charge on any atom is 0.416 e. The number of halogens is 3. The van der Waals surface area contributed by atoms with Gasteiger partial charge in [-0.25, -0.2) is 0 Å². The second-order valence-electron chi connectivity index (χ2n) is 7.14. The average Bonchev–Trinajstić information content (AvgIpc) is 2.46. The number of aryl methyl sites for hydroxylation is 1. The lowest BCUT2D eigenvalue weighted by molar-refractivity contribution is -0.139. The lowest BCUT2D eigenvalue weighted by Gasteiger charge is -2.33. The highest BCUT2D eigenvalue weighted by molar-refractivity contribution is 5.38. The third kappa shape index (κ3) is 6.66. The van der Waals surface area contributed by atoms with Crippen LogP contribution >= 0.6 is 0 Å². The number of rotatable bonds is 2. The zero-order chi connectivity index (χ0) is 19.3. The van der Waals surface area contributed by atoms with Gasteiger partial charge in [-0.15, -0.1) is 0 Å². The topological polar surface area (TPSA) is 58.6 Å². The highest BCUT2D eigenvalue weighted by atomic mass is 19.4. The predicted molar refractivity (Wildman–Crippen MR) is 89.1 cm³/mol. The maximum absolute atomic E-state index is 12.6. The number of carbonyl (C=O) groups excluding carboxylic acids is 1. The summed E-state index contributed by atoms with van der Waals surface area (Å²) in [4.78, 5) is 9.60. The second kappa shape index (κ2) is 8.19. The smallest absolute Gasteiger partial charge is 0.416 e. The summed E-state index contributed by atoms with van der Waals surface area (Å²) >= 11 is 0. The van der Waals surface area contributed by atoms with E-state index in [1.54, 1.807) is 0 Å². The van der Waals surface area contributed by atoms with Crippen molar-refractivity contribution in [2.24, 2.45) is 0 Å². The van der Waals surface area contributed by atoms with Crippen LogP contribution in [0.25, 0.3) is 0 Å². The Bertz CT molecular complexity index is 574. The average molecular weight is 361 g/mol. The molecule has 0 saturated carbocycles. The molecule has 7 heteroatoms. The molecule has 1 heterocycles. The highest BCUT2D eigenvalue weighted by Gasteiger charge is 2.35. The monoisotopic (exact) mass is 361 g/mol. The van der Waals surface area contributed by atoms with E-state index in [-0.39, 0.29) is 11.2 Å². The van der Waals surface area contributed by atoms with E-state index in [1.807, 2.05) is 20.8 Å². The molecule has 0 amide bonds. The zero-order valence-corrected chi connectivity index (χ0v) is 15.0. The number of nitrogens with one attached hydrogen (secondary N) is 1. The Labute approximate surface area is 146 Å². The van der Waals surface area contributed by atoms with Gasteiger partial charge in [0.15, 0.2) is 0 Å². The fourth-order valence-electron chi connectivity index (χ4n) is 2.54. The lowest BCUT2D eigenvalue weighted by Crippen LogP contribution is -2.39. The molecule has 2 rings (SSSR count). The number of hydrogen-bond acceptors (Lipinski definition) is 4. The molecule has 0 unspecified atom stereocenters. The Kier molecular flexibility index (Phi) is 7.02. The largest absolute Gasteiger partial charge is 0.462 e. The van der Waals surface area contributed by atoms with E-state index in [9.17, 15) is 23.1 Å². The van der Waals surface area contributed by atoms with Crippen LogP contribution in [0, 0.1) is 6.92 Å². The van der Waals surface area contributed by atoms with Gasteiger partial charge in [0, 0.05) is 0 Å². The Morgan fingerprint density at radius 3 is 2.12 bits per heavy atom. The first kappa shape index (κ1) is 21.4. The first-order valence-corrected chi connectivity index (χ1v) is 8.12. The molecule has 0 radical (unpaired) electrons. The van der Waals surface area contributed by atoms with E-state index >= 15 is 0 Å². The van der Waals surface area contributed by atoms with Crippen LogP contribution in [0.2, 0.25) is 0 Å². The van der Waals surface area contributed by atoms with Crippen molar-refractivity contribution in [3.63, 3.8) is 0 Å². The van der Waals surface area contributed by atoms with Crippen LogP contribution in [0.4, 0.5) is 13.2 Å². The molecule has 1 aliphatic heterocycles. The standard InChI is InChI=1S/C13H16F3NO.C5H10O2/c1-9-8-10(2-3-11(9)13(14,15)16)12(18)4-6-17-7-5-12;1-5(2,3)7-4-6/h2-3,8,17-18H,4-7H2,1H3;4H,1-3H3. The molecule has 2 N–H and O–H groups in total. The lowest BCUT2D eigenvalue weighted by atomic mass is 9.84. The van der Waals surface area contributed by atoms with Crippen LogP contribution < -0.4 is 5.32 Å². The molecule has 0 aromatic heterocycles. The molecule has 0 aliphatic carbocycles. The van der Waals surface area contributed by atoms with E-state index in [2.05, 4.69) is 10.1 Å². The Balaban J connectivity index is 0.000000381. The van der Waals surface area contributed by atoms with Crippen molar-refractivity contribution < 1.29 is 27.8 Å². The number of ether oxygens (including phenoxy) is 1. The van der Waals surface area contributed by atoms with Crippen LogP contribution in [-0.4, -0.2) is 30.3 Å². The van der Waals surface area contributed by atoms with E-state index in [0.29, 0.717) is 38.0 Å². The fraction of sp³-hybridized carbons (Fsp3) is 0.611. The van der Waals surface area contributed by atoms with Gasteiger partial charge >= 0.3 is 6.18 Å². The summed E-state index contributed by atoms with van der Waals surface area (Å²) in [7, 11) is 0. The number of benzene rings is 1. The van der Waals surface area contributed by atoms with Crippen molar-refractivity contribution in [1.82, 2.24) is 5.32 Å². The van der Waals surface area contributed by atoms with Crippen molar-refractivity contribution in [2.75, 3.05) is 13.1 Å². The first-order valence-electron chi connectivity index (χ1n) is 8.12. The van der Waals surface area contributed by atoms with Crippen LogP contribution in [-0.2, 0) is 21.3 Å². The number of hydrogen-bond donors (Lipinski definition) is 2. The molecule has 1 fully saturated rings. The molecule has 1 aliphatic rings. The summed E-state index contributed by atoms with van der Waals surface area (Å²) in [6.07, 6.45) is -3.28. The van der Waals surface area contributed by atoms with E-state index in [1.165, 1.54) is 19.1 Å². The minimum atomic E-state index is -4.33. The highest BCUT2D eigenvalue weighted by Crippen LogP contribution is 2.36. The number of carbonyl (C=O) groups is 1. The third-order valence-corrected chi connectivity index (χ3v) is 3.90. The molecule has 1 aromatic carbocycles. The van der Waals surface area contributed by atoms with Crippen LogP contribution in [0.15, 0.2) is 18.2 Å². The van der Waals surface area contributed by atoms with Crippen molar-refractivity contribution >= 4 is 6.47 Å². The molecular weight excluding hydrogens is 335 g/mol. The quantitative estimate of drug-likeness (QED) is 0.791. The molecule has 0 bridgehead atoms. The summed E-state index contributed by atoms with van der Waals surface area (Å²) in [6, 6.07) is 3.90. The van der Waals surface area contributed by atoms with Gasteiger partial charge in [0.2, 0.25) is 0 Å². The summed E-state index contributed by atoms with van der Waals surface area (Å²) in [5.41, 5.74) is -1.22. The van der Waals surface area contributed by atoms with E-state index in [4.69, 9.17) is 0 Å². The van der Waals surface area contributed by atoms with Gasteiger partial charge < -0.3 is 15.2 Å². The molecule has 1 aromatic rings. The molecule has 142 valence electrons.